The van der Waals surface area contributed by atoms with Crippen molar-refractivity contribution < 1.29 is 27.4 Å². The summed E-state index contributed by atoms with van der Waals surface area (Å²) in [5.74, 6) is -0.710. The van der Waals surface area contributed by atoms with E-state index >= 15 is 0 Å². The summed E-state index contributed by atoms with van der Waals surface area (Å²) < 4.78 is 48.4. The Labute approximate surface area is 143 Å². The highest BCUT2D eigenvalue weighted by Crippen LogP contribution is 2.29. The molecule has 0 saturated carbocycles. The standard InChI is InChI=1S/C16H20F3N3O3/c1-24-15(20-5-6-22-7-9-25-10-8-22)21-14(23)12-3-2-4-13(11-12)16(17,18)19/h2-4,11H,5-10H2,1H3,(H,20,21,23). The van der Waals surface area contributed by atoms with Crippen LogP contribution in [-0.4, -0.2) is 63.3 Å². The Hall–Kier alpha value is -2.13. The number of hydrogen-bond acceptors (Lipinski definition) is 5. The highest BCUT2D eigenvalue weighted by molar-refractivity contribution is 6.04. The lowest BCUT2D eigenvalue weighted by molar-refractivity contribution is -0.137. The number of ether oxygens (including phenoxy) is 2. The van der Waals surface area contributed by atoms with Gasteiger partial charge in [-0.3, -0.25) is 15.0 Å². The van der Waals surface area contributed by atoms with Crippen LogP contribution in [0, 0.1) is 0 Å². The second kappa shape index (κ2) is 8.82. The fourth-order valence-corrected chi connectivity index (χ4v) is 2.28. The molecular weight excluding hydrogens is 339 g/mol. The molecule has 1 N–H and O–H groups in total. The van der Waals surface area contributed by atoms with Crippen LogP contribution in [-0.2, 0) is 15.7 Å². The summed E-state index contributed by atoms with van der Waals surface area (Å²) in [6, 6.07) is 4.14. The molecule has 1 heterocycles. The van der Waals surface area contributed by atoms with Gasteiger partial charge >= 0.3 is 6.18 Å². The molecule has 0 aliphatic carbocycles. The molecule has 138 valence electrons. The van der Waals surface area contributed by atoms with Gasteiger partial charge in [0.2, 0.25) is 0 Å². The number of alkyl halides is 3. The van der Waals surface area contributed by atoms with Crippen molar-refractivity contribution in [2.24, 2.45) is 4.99 Å². The molecule has 0 spiro atoms. The van der Waals surface area contributed by atoms with Gasteiger partial charge in [-0.15, -0.1) is 0 Å². The molecule has 6 nitrogen and oxygen atoms in total. The molecule has 1 saturated heterocycles. The zero-order valence-electron chi connectivity index (χ0n) is 13.8. The van der Waals surface area contributed by atoms with Crippen LogP contribution in [0.5, 0.6) is 0 Å². The van der Waals surface area contributed by atoms with Crippen molar-refractivity contribution in [3.63, 3.8) is 0 Å². The quantitative estimate of drug-likeness (QED) is 0.657. The van der Waals surface area contributed by atoms with Crippen molar-refractivity contribution in [3.05, 3.63) is 35.4 Å². The maximum absolute atomic E-state index is 12.7. The van der Waals surface area contributed by atoms with Crippen molar-refractivity contribution in [2.75, 3.05) is 46.5 Å². The zero-order chi connectivity index (χ0) is 18.3. The number of halogens is 3. The Balaban J connectivity index is 1.93. The molecule has 1 aromatic rings. The van der Waals surface area contributed by atoms with Gasteiger partial charge in [0.25, 0.3) is 11.9 Å². The number of nitrogens with one attached hydrogen (secondary N) is 1. The van der Waals surface area contributed by atoms with Crippen molar-refractivity contribution in [2.45, 2.75) is 6.18 Å². The monoisotopic (exact) mass is 359 g/mol. The molecule has 1 aromatic carbocycles. The summed E-state index contributed by atoms with van der Waals surface area (Å²) in [6.45, 7) is 4.05. The van der Waals surface area contributed by atoms with E-state index in [1.807, 2.05) is 0 Å². The molecule has 0 bridgehead atoms. The number of amides is 1. The highest BCUT2D eigenvalue weighted by atomic mass is 19.4. The molecule has 1 amide bonds. The zero-order valence-corrected chi connectivity index (χ0v) is 13.8. The first-order chi connectivity index (χ1) is 11.9. The summed E-state index contributed by atoms with van der Waals surface area (Å²) in [4.78, 5) is 18.4. The second-order valence-electron chi connectivity index (χ2n) is 5.38. The fourth-order valence-electron chi connectivity index (χ4n) is 2.28. The van der Waals surface area contributed by atoms with Gasteiger partial charge in [0.1, 0.15) is 0 Å². The maximum atomic E-state index is 12.7. The van der Waals surface area contributed by atoms with Crippen LogP contribution < -0.4 is 5.32 Å². The molecule has 25 heavy (non-hydrogen) atoms. The Morgan fingerprint density at radius 2 is 2.08 bits per heavy atom. The number of aliphatic imine (C=N–C) groups is 1. The van der Waals surface area contributed by atoms with Crippen LogP contribution >= 0.6 is 0 Å². The largest absolute Gasteiger partial charge is 0.468 e. The Morgan fingerprint density at radius 1 is 1.36 bits per heavy atom. The number of carbonyl (C=O) groups excluding carboxylic acids is 1. The predicted octanol–water partition coefficient (Wildman–Crippen LogP) is 1.77. The third kappa shape index (κ3) is 6.02. The van der Waals surface area contributed by atoms with Crippen LogP contribution in [0.2, 0.25) is 0 Å². The first-order valence-electron chi connectivity index (χ1n) is 7.77. The smallest absolute Gasteiger partial charge is 0.416 e. The van der Waals surface area contributed by atoms with E-state index in [0.29, 0.717) is 26.3 Å². The van der Waals surface area contributed by atoms with Gasteiger partial charge in [0.15, 0.2) is 0 Å². The number of morpholine rings is 1. The van der Waals surface area contributed by atoms with E-state index < -0.39 is 17.6 Å². The third-order valence-corrected chi connectivity index (χ3v) is 3.64. The van der Waals surface area contributed by atoms with Crippen molar-refractivity contribution in [1.82, 2.24) is 10.2 Å². The van der Waals surface area contributed by atoms with Gasteiger partial charge in [0, 0.05) is 25.2 Å². The van der Waals surface area contributed by atoms with Crippen molar-refractivity contribution in [3.8, 4) is 0 Å². The number of nitrogens with zero attached hydrogens (tertiary/aromatic N) is 2. The summed E-state index contributed by atoms with van der Waals surface area (Å²) in [6.07, 6.45) is -4.51. The average molecular weight is 359 g/mol. The summed E-state index contributed by atoms with van der Waals surface area (Å²) in [5, 5.41) is 2.38. The minimum Gasteiger partial charge on any atom is -0.468 e. The molecular formula is C16H20F3N3O3. The van der Waals surface area contributed by atoms with E-state index in [1.54, 1.807) is 0 Å². The SMILES string of the molecule is COC(=NCCN1CCOCC1)NC(=O)c1cccc(C(F)(F)F)c1. The Morgan fingerprint density at radius 3 is 2.72 bits per heavy atom. The van der Waals surface area contributed by atoms with Crippen LogP contribution in [0.15, 0.2) is 29.3 Å². The topological polar surface area (TPSA) is 63.2 Å². The fraction of sp³-hybridized carbons (Fsp3) is 0.500. The number of carbonyl (C=O) groups is 1. The molecule has 0 radical (unpaired) electrons. The van der Waals surface area contributed by atoms with Crippen LogP contribution in [0.25, 0.3) is 0 Å². The van der Waals surface area contributed by atoms with Gasteiger partial charge in [-0.25, -0.2) is 4.99 Å². The van der Waals surface area contributed by atoms with E-state index in [2.05, 4.69) is 15.2 Å². The summed E-state index contributed by atoms with van der Waals surface area (Å²) in [7, 11) is 1.33. The lowest BCUT2D eigenvalue weighted by Gasteiger charge is -2.25. The van der Waals surface area contributed by atoms with E-state index in [1.165, 1.54) is 19.2 Å². The Kier molecular flexibility index (Phi) is 6.77. The minimum atomic E-state index is -4.51. The molecule has 1 aliphatic rings. The third-order valence-electron chi connectivity index (χ3n) is 3.64. The molecule has 2 rings (SSSR count). The van der Waals surface area contributed by atoms with Gasteiger partial charge in [-0.05, 0) is 18.2 Å². The molecule has 1 aliphatic heterocycles. The van der Waals surface area contributed by atoms with Crippen LogP contribution in [0.3, 0.4) is 0 Å². The van der Waals surface area contributed by atoms with E-state index in [0.717, 1.165) is 25.2 Å². The molecule has 9 heteroatoms. The van der Waals surface area contributed by atoms with Gasteiger partial charge < -0.3 is 9.47 Å². The second-order valence-corrected chi connectivity index (χ2v) is 5.38. The predicted molar refractivity (Wildman–Crippen MR) is 85.5 cm³/mol. The van der Waals surface area contributed by atoms with Gasteiger partial charge in [-0.1, -0.05) is 6.07 Å². The average Bonchev–Trinajstić information content (AvgIpc) is 2.61. The number of hydrogen-bond donors (Lipinski definition) is 1. The first kappa shape index (κ1) is 19.2. The van der Waals surface area contributed by atoms with Crippen molar-refractivity contribution in [1.29, 1.82) is 0 Å². The lowest BCUT2D eigenvalue weighted by atomic mass is 10.1. The normalized spacial score (nSPS) is 16.6. The molecule has 0 unspecified atom stereocenters. The minimum absolute atomic E-state index is 0.0318. The highest BCUT2D eigenvalue weighted by Gasteiger charge is 2.31. The van der Waals surface area contributed by atoms with Gasteiger partial charge in [-0.2, -0.15) is 13.2 Å². The summed E-state index contributed by atoms with van der Waals surface area (Å²) >= 11 is 0. The van der Waals surface area contributed by atoms with E-state index in [4.69, 9.17) is 9.47 Å². The van der Waals surface area contributed by atoms with Crippen LogP contribution in [0.1, 0.15) is 15.9 Å². The summed E-state index contributed by atoms with van der Waals surface area (Å²) in [5.41, 5.74) is -1.00. The number of rotatable bonds is 4. The van der Waals surface area contributed by atoms with E-state index in [-0.39, 0.29) is 11.6 Å². The lowest BCUT2D eigenvalue weighted by Crippen LogP contribution is -2.38. The van der Waals surface area contributed by atoms with Crippen molar-refractivity contribution >= 4 is 11.9 Å². The van der Waals surface area contributed by atoms with Gasteiger partial charge in [0.05, 0.1) is 32.4 Å². The van der Waals surface area contributed by atoms with Crippen LogP contribution in [0.4, 0.5) is 13.2 Å². The van der Waals surface area contributed by atoms with E-state index in [9.17, 15) is 18.0 Å². The number of methoxy groups -OCH3 is 1. The first-order valence-corrected chi connectivity index (χ1v) is 7.77. The molecule has 0 atom stereocenters. The Bertz CT molecular complexity index is 614. The molecule has 0 aromatic heterocycles. The maximum Gasteiger partial charge on any atom is 0.416 e. The number of benzene rings is 1. The molecule has 1 fully saturated rings. The number of amidine groups is 1.